The van der Waals surface area contributed by atoms with Crippen LogP contribution in [0.1, 0.15) is 25.0 Å². The van der Waals surface area contributed by atoms with Gasteiger partial charge in [-0.3, -0.25) is 0 Å². The smallest absolute Gasteiger partial charge is 0.209 e. The second-order valence-electron chi connectivity index (χ2n) is 6.16. The predicted molar refractivity (Wildman–Crippen MR) is 92.3 cm³/mol. The number of allylic oxidation sites excluding steroid dienone is 1. The minimum atomic E-state index is 0. The van der Waals surface area contributed by atoms with Crippen LogP contribution in [0.25, 0.3) is 6.08 Å². The Morgan fingerprint density at radius 3 is 2.30 bits per heavy atom. The average molecular weight is 419 g/mol. The average Bonchev–Trinajstić information content (AvgIpc) is 2.73. The van der Waals surface area contributed by atoms with Crippen molar-refractivity contribution in [3.05, 3.63) is 65.7 Å². The summed E-state index contributed by atoms with van der Waals surface area (Å²) in [5.41, 5.74) is 5.05. The van der Waals surface area contributed by atoms with E-state index in [1.165, 1.54) is 17.0 Å². The molecule has 120 valence electrons. The fourth-order valence-corrected chi connectivity index (χ4v) is 3.27. The maximum atomic E-state index is 5.43. The number of nitrogens with zero attached hydrogens (tertiary/aromatic N) is 1. The SMILES string of the molecule is COc1ccccc1/C=C/C1=[N+](C)c2ccccc2C1(C)C.[I-]. The summed E-state index contributed by atoms with van der Waals surface area (Å²) >= 11 is 0. The molecule has 0 fully saturated rings. The van der Waals surface area contributed by atoms with Gasteiger partial charge in [0.2, 0.25) is 5.69 Å². The van der Waals surface area contributed by atoms with Gasteiger partial charge in [-0.15, -0.1) is 0 Å². The molecule has 23 heavy (non-hydrogen) atoms. The fraction of sp³-hybridized carbons (Fsp3) is 0.250. The van der Waals surface area contributed by atoms with Crippen LogP contribution in [-0.4, -0.2) is 24.4 Å². The van der Waals surface area contributed by atoms with E-state index >= 15 is 0 Å². The maximum absolute atomic E-state index is 5.43. The van der Waals surface area contributed by atoms with Crippen LogP contribution in [0.15, 0.2) is 54.6 Å². The highest BCUT2D eigenvalue weighted by Gasteiger charge is 2.42. The first kappa shape index (κ1) is 17.7. The van der Waals surface area contributed by atoms with Gasteiger partial charge in [-0.2, -0.15) is 4.58 Å². The number of fused-ring (bicyclic) bond motifs is 1. The zero-order chi connectivity index (χ0) is 15.7. The third-order valence-electron chi connectivity index (χ3n) is 4.50. The van der Waals surface area contributed by atoms with E-state index < -0.39 is 0 Å². The Morgan fingerprint density at radius 1 is 0.957 bits per heavy atom. The Bertz CT molecular complexity index is 775. The highest BCUT2D eigenvalue weighted by atomic mass is 127. The number of rotatable bonds is 3. The normalized spacial score (nSPS) is 15.5. The summed E-state index contributed by atoms with van der Waals surface area (Å²) in [6.45, 7) is 4.55. The molecule has 1 aliphatic heterocycles. The van der Waals surface area contributed by atoms with Crippen molar-refractivity contribution in [1.29, 1.82) is 0 Å². The van der Waals surface area contributed by atoms with Gasteiger partial charge in [0, 0.05) is 23.3 Å². The molecular formula is C20H22INO. The molecule has 0 bridgehead atoms. The van der Waals surface area contributed by atoms with Gasteiger partial charge in [-0.1, -0.05) is 36.4 Å². The van der Waals surface area contributed by atoms with E-state index in [0.717, 1.165) is 11.3 Å². The molecule has 1 aliphatic rings. The molecule has 2 aromatic rings. The summed E-state index contributed by atoms with van der Waals surface area (Å²) in [6.07, 6.45) is 4.34. The van der Waals surface area contributed by atoms with Crippen molar-refractivity contribution in [2.75, 3.05) is 14.2 Å². The number of hydrogen-bond acceptors (Lipinski definition) is 1. The highest BCUT2D eigenvalue weighted by Crippen LogP contribution is 2.39. The molecule has 3 heteroatoms. The lowest BCUT2D eigenvalue weighted by Gasteiger charge is -2.15. The highest BCUT2D eigenvalue weighted by molar-refractivity contribution is 6.05. The zero-order valence-corrected chi connectivity index (χ0v) is 16.2. The lowest BCUT2D eigenvalue weighted by Crippen LogP contribution is -3.00. The maximum Gasteiger partial charge on any atom is 0.209 e. The van der Waals surface area contributed by atoms with Crippen molar-refractivity contribution >= 4 is 17.5 Å². The van der Waals surface area contributed by atoms with Crippen molar-refractivity contribution in [1.82, 2.24) is 0 Å². The van der Waals surface area contributed by atoms with E-state index in [4.69, 9.17) is 4.74 Å². The van der Waals surface area contributed by atoms with Crippen LogP contribution in [-0.2, 0) is 5.41 Å². The molecular weight excluding hydrogens is 397 g/mol. The van der Waals surface area contributed by atoms with Crippen molar-refractivity contribution in [3.63, 3.8) is 0 Å². The molecule has 0 spiro atoms. The van der Waals surface area contributed by atoms with Gasteiger partial charge in [0.1, 0.15) is 12.8 Å². The van der Waals surface area contributed by atoms with Gasteiger partial charge >= 0.3 is 0 Å². The number of halogens is 1. The molecule has 0 amide bonds. The summed E-state index contributed by atoms with van der Waals surface area (Å²) in [5, 5.41) is 0. The van der Waals surface area contributed by atoms with Gasteiger partial charge in [0.15, 0.2) is 5.71 Å². The van der Waals surface area contributed by atoms with E-state index in [-0.39, 0.29) is 29.4 Å². The predicted octanol–water partition coefficient (Wildman–Crippen LogP) is 1.42. The summed E-state index contributed by atoms with van der Waals surface area (Å²) < 4.78 is 7.71. The molecule has 0 saturated heterocycles. The fourth-order valence-electron chi connectivity index (χ4n) is 3.27. The third kappa shape index (κ3) is 3.07. The summed E-state index contributed by atoms with van der Waals surface area (Å²) in [5.74, 6) is 0.898. The molecule has 2 aromatic carbocycles. The number of para-hydroxylation sites is 2. The topological polar surface area (TPSA) is 12.2 Å². The first-order valence-electron chi connectivity index (χ1n) is 7.57. The Hall–Kier alpha value is -1.62. The summed E-state index contributed by atoms with van der Waals surface area (Å²) in [7, 11) is 3.84. The zero-order valence-electron chi connectivity index (χ0n) is 14.0. The van der Waals surface area contributed by atoms with E-state index in [9.17, 15) is 0 Å². The van der Waals surface area contributed by atoms with Crippen LogP contribution < -0.4 is 28.7 Å². The van der Waals surface area contributed by atoms with Crippen LogP contribution in [0, 0.1) is 0 Å². The van der Waals surface area contributed by atoms with Crippen LogP contribution >= 0.6 is 0 Å². The van der Waals surface area contributed by atoms with Gasteiger partial charge < -0.3 is 28.7 Å². The lowest BCUT2D eigenvalue weighted by atomic mass is 9.81. The standard InChI is InChI=1S/C20H22NO.HI/c1-20(2)16-10-6-7-11-17(16)21(3)19(20)14-13-15-9-5-8-12-18(15)22-4;/h5-14H,1-4H3;1H/q+1;/p-1/b14-13+;. The van der Waals surface area contributed by atoms with Gasteiger partial charge in [0.25, 0.3) is 0 Å². The number of hydrogen-bond donors (Lipinski definition) is 0. The number of methoxy groups -OCH3 is 1. The number of benzene rings is 2. The second-order valence-corrected chi connectivity index (χ2v) is 6.16. The second kappa shape index (κ2) is 6.87. The molecule has 0 aromatic heterocycles. The van der Waals surface area contributed by atoms with E-state index in [0.29, 0.717) is 0 Å². The first-order chi connectivity index (χ1) is 10.6. The first-order valence-corrected chi connectivity index (χ1v) is 7.57. The molecule has 0 atom stereocenters. The van der Waals surface area contributed by atoms with Gasteiger partial charge in [0.05, 0.1) is 12.5 Å². The number of ether oxygens (including phenoxy) is 1. The quantitative estimate of drug-likeness (QED) is 0.542. The monoisotopic (exact) mass is 419 g/mol. The molecule has 3 rings (SSSR count). The van der Waals surface area contributed by atoms with Crippen molar-refractivity contribution in [3.8, 4) is 5.75 Å². The van der Waals surface area contributed by atoms with Crippen molar-refractivity contribution in [2.45, 2.75) is 19.3 Å². The summed E-state index contributed by atoms with van der Waals surface area (Å²) in [4.78, 5) is 0. The third-order valence-corrected chi connectivity index (χ3v) is 4.50. The largest absolute Gasteiger partial charge is 1.00 e. The Balaban J connectivity index is 0.00000192. The van der Waals surface area contributed by atoms with Crippen LogP contribution in [0.5, 0.6) is 5.75 Å². The van der Waals surface area contributed by atoms with E-state index in [1.54, 1.807) is 7.11 Å². The lowest BCUT2D eigenvalue weighted by molar-refractivity contribution is -0.401. The molecule has 2 nitrogen and oxygen atoms in total. The Kier molecular flexibility index (Phi) is 5.30. The molecule has 0 radical (unpaired) electrons. The van der Waals surface area contributed by atoms with Gasteiger partial charge in [-0.25, -0.2) is 0 Å². The van der Waals surface area contributed by atoms with Crippen molar-refractivity contribution in [2.24, 2.45) is 0 Å². The van der Waals surface area contributed by atoms with Gasteiger partial charge in [-0.05, 0) is 26.0 Å². The minimum absolute atomic E-state index is 0. The molecule has 0 unspecified atom stereocenters. The Labute approximate surface area is 155 Å². The van der Waals surface area contributed by atoms with Crippen LogP contribution in [0.3, 0.4) is 0 Å². The van der Waals surface area contributed by atoms with E-state index in [1.807, 2.05) is 18.2 Å². The minimum Gasteiger partial charge on any atom is -1.00 e. The summed E-state index contributed by atoms with van der Waals surface area (Å²) in [6, 6.07) is 16.7. The van der Waals surface area contributed by atoms with Crippen LogP contribution in [0.2, 0.25) is 0 Å². The molecule has 0 aliphatic carbocycles. The molecule has 0 saturated carbocycles. The molecule has 0 N–H and O–H groups in total. The van der Waals surface area contributed by atoms with Crippen molar-refractivity contribution < 1.29 is 33.3 Å². The molecule has 1 heterocycles. The Morgan fingerprint density at radius 2 is 1.61 bits per heavy atom. The van der Waals surface area contributed by atoms with Crippen LogP contribution in [0.4, 0.5) is 5.69 Å². The van der Waals surface area contributed by atoms with E-state index in [2.05, 4.69) is 68.0 Å².